The van der Waals surface area contributed by atoms with Crippen molar-refractivity contribution >= 4 is 40.1 Å². The van der Waals surface area contributed by atoms with Crippen molar-refractivity contribution in [2.75, 3.05) is 38.5 Å². The van der Waals surface area contributed by atoms with Crippen molar-refractivity contribution in [3.05, 3.63) is 39.6 Å². The molecule has 0 radical (unpaired) electrons. The molecule has 14 heteroatoms. The van der Waals surface area contributed by atoms with Crippen LogP contribution in [-0.4, -0.2) is 79.4 Å². The zero-order valence-electron chi connectivity index (χ0n) is 16.9. The topological polar surface area (TPSA) is 168 Å². The zero-order valence-corrected chi connectivity index (χ0v) is 17.7. The van der Waals surface area contributed by atoms with E-state index in [1.807, 2.05) is 5.32 Å². The number of rotatable bonds is 9. The maximum absolute atomic E-state index is 12.4. The maximum Gasteiger partial charge on any atom is 0.326 e. The van der Waals surface area contributed by atoms with Crippen molar-refractivity contribution in [1.82, 2.24) is 19.8 Å². The van der Waals surface area contributed by atoms with Gasteiger partial charge in [-0.3, -0.25) is 25.0 Å². The highest BCUT2D eigenvalue weighted by atomic mass is 32.2. The highest BCUT2D eigenvalue weighted by Crippen LogP contribution is 2.26. The molecule has 0 saturated carbocycles. The van der Waals surface area contributed by atoms with Gasteiger partial charge >= 0.3 is 6.03 Å². The van der Waals surface area contributed by atoms with Gasteiger partial charge in [-0.25, -0.2) is 13.2 Å². The van der Waals surface area contributed by atoms with E-state index in [0.29, 0.717) is 19.5 Å². The number of imide groups is 1. The van der Waals surface area contributed by atoms with Crippen LogP contribution in [0.2, 0.25) is 0 Å². The van der Waals surface area contributed by atoms with Gasteiger partial charge in [-0.15, -0.1) is 0 Å². The normalized spacial score (nSPS) is 18.4. The summed E-state index contributed by atoms with van der Waals surface area (Å²) in [4.78, 5) is 45.8. The summed E-state index contributed by atoms with van der Waals surface area (Å²) in [6.45, 7) is 1.22. The van der Waals surface area contributed by atoms with Crippen molar-refractivity contribution in [2.24, 2.45) is 0 Å². The minimum absolute atomic E-state index is 0.0403. The number of nitro benzene ring substituents is 1. The van der Waals surface area contributed by atoms with E-state index in [0.717, 1.165) is 6.08 Å². The summed E-state index contributed by atoms with van der Waals surface area (Å²) in [5.41, 5.74) is -0.396. The number of carbonyl (C=O) groups is 3. The van der Waals surface area contributed by atoms with E-state index >= 15 is 0 Å². The average Bonchev–Trinajstić information content (AvgIpc) is 3.07. The minimum atomic E-state index is -3.50. The Morgan fingerprint density at radius 2 is 1.88 bits per heavy atom. The van der Waals surface area contributed by atoms with Crippen LogP contribution in [0.3, 0.4) is 0 Å². The number of nitrogens with one attached hydrogen (secondary N) is 2. The number of ether oxygens (including phenoxy) is 1. The third kappa shape index (κ3) is 5.59. The predicted molar refractivity (Wildman–Crippen MR) is 111 cm³/mol. The SMILES string of the molecule is O=CN1CCN(S(=O)(=O)CCCOc2ccc([N+](=O)[O-])c(/C=C3/NC(=O)NC3=O)c2)CC1. The minimum Gasteiger partial charge on any atom is -0.494 e. The van der Waals surface area contributed by atoms with Gasteiger partial charge in [0.15, 0.2) is 0 Å². The van der Waals surface area contributed by atoms with Crippen LogP contribution in [0.5, 0.6) is 5.75 Å². The monoisotopic (exact) mass is 467 g/mol. The van der Waals surface area contributed by atoms with E-state index < -0.39 is 26.9 Å². The first-order chi connectivity index (χ1) is 15.2. The summed E-state index contributed by atoms with van der Waals surface area (Å²) in [5.74, 6) is -0.622. The van der Waals surface area contributed by atoms with Gasteiger partial charge in [0.25, 0.3) is 11.6 Å². The van der Waals surface area contributed by atoms with E-state index in [1.54, 1.807) is 0 Å². The van der Waals surface area contributed by atoms with E-state index in [1.165, 1.54) is 27.4 Å². The first-order valence-electron chi connectivity index (χ1n) is 9.62. The van der Waals surface area contributed by atoms with Gasteiger partial charge in [0.1, 0.15) is 11.4 Å². The van der Waals surface area contributed by atoms with Gasteiger partial charge < -0.3 is 15.0 Å². The van der Waals surface area contributed by atoms with Gasteiger partial charge in [0.05, 0.1) is 22.8 Å². The second-order valence-electron chi connectivity index (χ2n) is 7.00. The lowest BCUT2D eigenvalue weighted by molar-refractivity contribution is -0.385. The third-order valence-corrected chi connectivity index (χ3v) is 6.80. The Balaban J connectivity index is 1.60. The molecule has 4 amide bonds. The fourth-order valence-corrected chi connectivity index (χ4v) is 4.65. The number of nitro groups is 1. The quantitative estimate of drug-likeness (QED) is 0.124. The van der Waals surface area contributed by atoms with Crippen LogP contribution in [0.25, 0.3) is 6.08 Å². The summed E-state index contributed by atoms with van der Waals surface area (Å²) in [7, 11) is -3.50. The number of nitrogens with zero attached hydrogens (tertiary/aromatic N) is 3. The molecule has 0 atom stereocenters. The molecule has 1 aromatic carbocycles. The van der Waals surface area contributed by atoms with Crippen LogP contribution >= 0.6 is 0 Å². The highest BCUT2D eigenvalue weighted by molar-refractivity contribution is 7.89. The molecule has 13 nitrogen and oxygen atoms in total. The number of amides is 4. The molecule has 0 aromatic heterocycles. The number of hydrogen-bond acceptors (Lipinski definition) is 8. The molecule has 172 valence electrons. The third-order valence-electron chi connectivity index (χ3n) is 4.85. The van der Waals surface area contributed by atoms with Gasteiger partial charge in [-0.2, -0.15) is 4.31 Å². The Labute approximate surface area is 183 Å². The molecule has 2 aliphatic heterocycles. The van der Waals surface area contributed by atoms with Crippen LogP contribution in [0, 0.1) is 10.1 Å². The molecular formula is C18H21N5O8S. The number of carbonyl (C=O) groups excluding carboxylic acids is 3. The Hall–Kier alpha value is -3.52. The van der Waals surface area contributed by atoms with E-state index in [4.69, 9.17) is 4.74 Å². The number of benzene rings is 1. The summed E-state index contributed by atoms with van der Waals surface area (Å²) in [5, 5.41) is 15.5. The molecule has 2 heterocycles. The fourth-order valence-electron chi connectivity index (χ4n) is 3.19. The van der Waals surface area contributed by atoms with E-state index in [9.17, 15) is 32.9 Å². The Kier molecular flexibility index (Phi) is 7.05. The van der Waals surface area contributed by atoms with Gasteiger partial charge in [-0.05, 0) is 24.6 Å². The largest absolute Gasteiger partial charge is 0.494 e. The van der Waals surface area contributed by atoms with Crippen LogP contribution in [-0.2, 0) is 19.6 Å². The second kappa shape index (κ2) is 9.74. The Bertz CT molecular complexity index is 1060. The molecule has 1 aromatic rings. The van der Waals surface area contributed by atoms with Crippen molar-refractivity contribution < 1.29 is 32.5 Å². The summed E-state index contributed by atoms with van der Waals surface area (Å²) >= 11 is 0. The van der Waals surface area contributed by atoms with Crippen molar-refractivity contribution in [2.45, 2.75) is 6.42 Å². The number of piperazine rings is 1. The Morgan fingerprint density at radius 3 is 2.47 bits per heavy atom. The van der Waals surface area contributed by atoms with Crippen molar-refractivity contribution in [3.8, 4) is 5.75 Å². The molecule has 2 N–H and O–H groups in total. The maximum atomic E-state index is 12.4. The first kappa shape index (κ1) is 23.1. The number of urea groups is 1. The number of hydrogen-bond donors (Lipinski definition) is 2. The standard InChI is InChI=1S/C18H21N5O8S/c24-12-21-4-6-22(7-5-21)32(29,30)9-1-8-31-14-2-3-16(23(27)28)13(10-14)11-15-17(25)20-18(26)19-15/h2-3,10-12H,1,4-9H2,(H2,19,20,25,26)/b15-11+. The molecule has 0 spiro atoms. The van der Waals surface area contributed by atoms with Gasteiger partial charge in [-0.1, -0.05) is 0 Å². The molecular weight excluding hydrogens is 446 g/mol. The molecule has 2 aliphatic rings. The zero-order chi connectivity index (χ0) is 23.3. The van der Waals surface area contributed by atoms with E-state index in [2.05, 4.69) is 5.32 Å². The van der Waals surface area contributed by atoms with Crippen LogP contribution in [0.15, 0.2) is 23.9 Å². The second-order valence-corrected chi connectivity index (χ2v) is 9.09. The summed E-state index contributed by atoms with van der Waals surface area (Å²) < 4.78 is 31.7. The van der Waals surface area contributed by atoms with Crippen LogP contribution in [0.4, 0.5) is 10.5 Å². The molecule has 0 bridgehead atoms. The Morgan fingerprint density at radius 1 is 1.16 bits per heavy atom. The van der Waals surface area contributed by atoms with Gasteiger partial charge in [0, 0.05) is 32.2 Å². The lowest BCUT2D eigenvalue weighted by atomic mass is 10.1. The average molecular weight is 467 g/mol. The van der Waals surface area contributed by atoms with Crippen molar-refractivity contribution in [3.63, 3.8) is 0 Å². The smallest absolute Gasteiger partial charge is 0.326 e. The highest BCUT2D eigenvalue weighted by Gasteiger charge is 2.26. The van der Waals surface area contributed by atoms with E-state index in [-0.39, 0.29) is 54.6 Å². The van der Waals surface area contributed by atoms with Crippen molar-refractivity contribution in [1.29, 1.82) is 0 Å². The van der Waals surface area contributed by atoms with Crippen LogP contribution in [0.1, 0.15) is 12.0 Å². The molecule has 0 unspecified atom stereocenters. The molecule has 32 heavy (non-hydrogen) atoms. The number of sulfonamides is 1. The van der Waals surface area contributed by atoms with Gasteiger partial charge in [0.2, 0.25) is 16.4 Å². The predicted octanol–water partition coefficient (Wildman–Crippen LogP) is -0.352. The lowest BCUT2D eigenvalue weighted by Crippen LogP contribution is -2.48. The molecule has 3 rings (SSSR count). The summed E-state index contributed by atoms with van der Waals surface area (Å²) in [6, 6.07) is 3.15. The molecule has 2 saturated heterocycles. The lowest BCUT2D eigenvalue weighted by Gasteiger charge is -2.31. The fraction of sp³-hybridized carbons (Fsp3) is 0.389. The molecule has 2 fully saturated rings. The summed E-state index contributed by atoms with van der Waals surface area (Å²) in [6.07, 6.45) is 2.04. The van der Waals surface area contributed by atoms with Crippen LogP contribution < -0.4 is 15.4 Å². The first-order valence-corrected chi connectivity index (χ1v) is 11.2. The molecule has 0 aliphatic carbocycles.